The van der Waals surface area contributed by atoms with Crippen LogP contribution in [0.15, 0.2) is 34.9 Å². The molecule has 4 nitrogen and oxygen atoms in total. The van der Waals surface area contributed by atoms with Gasteiger partial charge >= 0.3 is 5.97 Å². The zero-order valence-electron chi connectivity index (χ0n) is 10.5. The Morgan fingerprint density at radius 1 is 1.42 bits per heavy atom. The van der Waals surface area contributed by atoms with E-state index in [0.717, 1.165) is 0 Å². The topological polar surface area (TPSA) is 65.5 Å². The first-order chi connectivity index (χ1) is 9.15. The van der Waals surface area contributed by atoms with Gasteiger partial charge in [0, 0.05) is 5.56 Å². The molecule has 2 aromatic rings. The minimum Gasteiger partial charge on any atom is -0.464 e. The van der Waals surface area contributed by atoms with E-state index in [1.54, 1.807) is 12.1 Å². The molecular weight excluding hydrogens is 249 g/mol. The molecule has 0 amide bonds. The van der Waals surface area contributed by atoms with Crippen LogP contribution in [-0.4, -0.2) is 12.6 Å². The van der Waals surface area contributed by atoms with Crippen LogP contribution in [0.25, 0.3) is 11.3 Å². The number of nitrogens with two attached hydrogens (primary N) is 1. The van der Waals surface area contributed by atoms with Gasteiger partial charge in [0.25, 0.3) is 0 Å². The van der Waals surface area contributed by atoms with E-state index in [4.69, 9.17) is 14.9 Å². The second-order valence-electron chi connectivity index (χ2n) is 4.00. The van der Waals surface area contributed by atoms with E-state index in [-0.39, 0.29) is 17.9 Å². The minimum atomic E-state index is -0.654. The van der Waals surface area contributed by atoms with E-state index in [1.807, 2.05) is 6.92 Å². The van der Waals surface area contributed by atoms with Crippen molar-refractivity contribution >= 4 is 11.7 Å². The van der Waals surface area contributed by atoms with E-state index in [9.17, 15) is 9.18 Å². The number of carbonyl (C=O) groups excluding carboxylic acids is 1. The Balaban J connectivity index is 2.50. The highest BCUT2D eigenvalue weighted by molar-refractivity contribution is 6.01. The normalized spacial score (nSPS) is 10.4. The number of anilines is 1. The van der Waals surface area contributed by atoms with Gasteiger partial charge in [-0.05, 0) is 30.7 Å². The molecule has 2 N–H and O–H groups in total. The molecule has 1 heterocycles. The molecule has 0 aliphatic rings. The second kappa shape index (κ2) is 5.56. The molecule has 100 valence electrons. The number of esters is 1. The Morgan fingerprint density at radius 3 is 2.84 bits per heavy atom. The van der Waals surface area contributed by atoms with Crippen LogP contribution in [0.5, 0.6) is 0 Å². The van der Waals surface area contributed by atoms with Crippen LogP contribution >= 0.6 is 0 Å². The van der Waals surface area contributed by atoms with Gasteiger partial charge in [0.05, 0.1) is 24.1 Å². The van der Waals surface area contributed by atoms with Crippen molar-refractivity contribution in [2.45, 2.75) is 13.3 Å². The van der Waals surface area contributed by atoms with Gasteiger partial charge in [-0.1, -0.05) is 6.92 Å². The van der Waals surface area contributed by atoms with Gasteiger partial charge in [-0.2, -0.15) is 0 Å². The zero-order valence-corrected chi connectivity index (χ0v) is 10.5. The Bertz CT molecular complexity index is 579. The van der Waals surface area contributed by atoms with E-state index in [0.29, 0.717) is 17.7 Å². The van der Waals surface area contributed by atoms with Crippen molar-refractivity contribution in [2.24, 2.45) is 0 Å². The summed E-state index contributed by atoms with van der Waals surface area (Å²) in [6.45, 7) is 2.13. The van der Waals surface area contributed by atoms with Crippen molar-refractivity contribution < 1.29 is 18.3 Å². The molecule has 1 aromatic carbocycles. The summed E-state index contributed by atoms with van der Waals surface area (Å²) in [6.07, 6.45) is 2.15. The largest absolute Gasteiger partial charge is 0.464 e. The van der Waals surface area contributed by atoms with E-state index in [1.165, 1.54) is 18.4 Å². The highest BCUT2D eigenvalue weighted by Gasteiger charge is 2.21. The molecular formula is C14H14FNO3. The highest BCUT2D eigenvalue weighted by Crippen LogP contribution is 2.30. The molecule has 0 radical (unpaired) electrons. The van der Waals surface area contributed by atoms with Crippen molar-refractivity contribution in [1.29, 1.82) is 0 Å². The molecule has 0 saturated carbocycles. The van der Waals surface area contributed by atoms with Crippen molar-refractivity contribution in [3.8, 4) is 11.3 Å². The lowest BCUT2D eigenvalue weighted by molar-refractivity contribution is 0.0506. The molecule has 0 spiro atoms. The molecule has 0 fully saturated rings. The SMILES string of the molecule is CCCOC(=O)c1c(-c2ccco2)ccc(F)c1N. The number of halogens is 1. The number of benzene rings is 1. The van der Waals surface area contributed by atoms with Crippen molar-refractivity contribution in [1.82, 2.24) is 0 Å². The van der Waals surface area contributed by atoms with Gasteiger partial charge in [0.15, 0.2) is 0 Å². The van der Waals surface area contributed by atoms with E-state index < -0.39 is 11.8 Å². The number of ether oxygens (including phenoxy) is 1. The van der Waals surface area contributed by atoms with Crippen LogP contribution in [-0.2, 0) is 4.74 Å². The summed E-state index contributed by atoms with van der Waals surface area (Å²) < 4.78 is 23.8. The molecule has 1 aromatic heterocycles. The summed E-state index contributed by atoms with van der Waals surface area (Å²) in [5.74, 6) is -0.862. The summed E-state index contributed by atoms with van der Waals surface area (Å²) in [7, 11) is 0. The summed E-state index contributed by atoms with van der Waals surface area (Å²) >= 11 is 0. The predicted molar refractivity (Wildman–Crippen MR) is 69.1 cm³/mol. The zero-order chi connectivity index (χ0) is 13.8. The highest BCUT2D eigenvalue weighted by atomic mass is 19.1. The fourth-order valence-electron chi connectivity index (χ4n) is 1.72. The monoisotopic (exact) mass is 263 g/mol. The summed E-state index contributed by atoms with van der Waals surface area (Å²) in [6, 6.07) is 6.00. The Hall–Kier alpha value is -2.30. The van der Waals surface area contributed by atoms with Crippen LogP contribution in [0.3, 0.4) is 0 Å². The first-order valence-electron chi connectivity index (χ1n) is 5.94. The van der Waals surface area contributed by atoms with Crippen molar-refractivity contribution in [3.05, 3.63) is 41.9 Å². The third kappa shape index (κ3) is 2.59. The van der Waals surface area contributed by atoms with Crippen LogP contribution in [0.2, 0.25) is 0 Å². The maximum Gasteiger partial charge on any atom is 0.341 e. The molecule has 0 aliphatic carbocycles. The minimum absolute atomic E-state index is 0.00315. The van der Waals surface area contributed by atoms with E-state index >= 15 is 0 Å². The van der Waals surface area contributed by atoms with Crippen LogP contribution in [0.1, 0.15) is 23.7 Å². The lowest BCUT2D eigenvalue weighted by atomic mass is 10.0. The second-order valence-corrected chi connectivity index (χ2v) is 4.00. The molecule has 5 heteroatoms. The summed E-state index contributed by atoms with van der Waals surface area (Å²) in [4.78, 5) is 12.0. The number of nitrogen functional groups attached to an aromatic ring is 1. The van der Waals surface area contributed by atoms with Crippen LogP contribution < -0.4 is 5.73 Å². The Morgan fingerprint density at radius 2 is 2.21 bits per heavy atom. The number of rotatable bonds is 4. The third-order valence-electron chi connectivity index (χ3n) is 2.62. The first kappa shape index (κ1) is 13.1. The lowest BCUT2D eigenvalue weighted by Gasteiger charge is -2.11. The maximum absolute atomic E-state index is 13.5. The maximum atomic E-state index is 13.5. The van der Waals surface area contributed by atoms with Crippen LogP contribution in [0, 0.1) is 5.82 Å². The quantitative estimate of drug-likeness (QED) is 0.679. The summed E-state index contributed by atoms with van der Waals surface area (Å²) in [5.41, 5.74) is 5.84. The molecule has 0 bridgehead atoms. The number of hydrogen-bond donors (Lipinski definition) is 1. The summed E-state index contributed by atoms with van der Waals surface area (Å²) in [5, 5.41) is 0. The van der Waals surface area contributed by atoms with Crippen molar-refractivity contribution in [2.75, 3.05) is 12.3 Å². The Kier molecular flexibility index (Phi) is 3.85. The molecule has 0 aliphatic heterocycles. The Labute approximate surface area is 110 Å². The first-order valence-corrected chi connectivity index (χ1v) is 5.94. The average molecular weight is 263 g/mol. The fraction of sp³-hybridized carbons (Fsp3) is 0.214. The molecule has 0 atom stereocenters. The number of hydrogen-bond acceptors (Lipinski definition) is 4. The lowest BCUT2D eigenvalue weighted by Crippen LogP contribution is -2.11. The van der Waals surface area contributed by atoms with Gasteiger partial charge in [-0.3, -0.25) is 0 Å². The molecule has 0 saturated heterocycles. The molecule has 0 unspecified atom stereocenters. The predicted octanol–water partition coefficient (Wildman–Crippen LogP) is 3.23. The number of furan rings is 1. The van der Waals surface area contributed by atoms with Crippen molar-refractivity contribution in [3.63, 3.8) is 0 Å². The smallest absolute Gasteiger partial charge is 0.341 e. The third-order valence-corrected chi connectivity index (χ3v) is 2.62. The number of carbonyl (C=O) groups is 1. The van der Waals surface area contributed by atoms with Crippen LogP contribution in [0.4, 0.5) is 10.1 Å². The molecule has 2 rings (SSSR count). The van der Waals surface area contributed by atoms with Gasteiger partial charge in [-0.25, -0.2) is 9.18 Å². The fourth-order valence-corrected chi connectivity index (χ4v) is 1.72. The van der Waals surface area contributed by atoms with Gasteiger partial charge in [0.2, 0.25) is 0 Å². The molecule has 19 heavy (non-hydrogen) atoms. The average Bonchev–Trinajstić information content (AvgIpc) is 2.92. The van der Waals surface area contributed by atoms with Gasteiger partial charge in [-0.15, -0.1) is 0 Å². The van der Waals surface area contributed by atoms with Gasteiger partial charge in [0.1, 0.15) is 11.6 Å². The van der Waals surface area contributed by atoms with E-state index in [2.05, 4.69) is 0 Å². The standard InChI is InChI=1S/C14H14FNO3/c1-2-7-19-14(17)12-9(11-4-3-8-18-11)5-6-10(15)13(12)16/h3-6,8H,2,7,16H2,1H3. The van der Waals surface area contributed by atoms with Gasteiger partial charge < -0.3 is 14.9 Å².